The van der Waals surface area contributed by atoms with E-state index in [4.69, 9.17) is 11.5 Å². The third-order valence-electron chi connectivity index (χ3n) is 2.60. The molecule has 0 aliphatic rings. The van der Waals surface area contributed by atoms with E-state index in [2.05, 4.69) is 19.9 Å². The number of rotatable bonds is 3. The number of aromatic nitrogens is 4. The molecule has 0 spiro atoms. The zero-order chi connectivity index (χ0) is 14.1. The van der Waals surface area contributed by atoms with E-state index in [0.29, 0.717) is 39.4 Å². The Hall–Kier alpha value is -2.35. The molecule has 102 valence electrons. The minimum absolute atomic E-state index is 0.315. The van der Waals surface area contributed by atoms with Gasteiger partial charge in [-0.2, -0.15) is 0 Å². The largest absolute Gasteiger partial charge is 0.383 e. The Balaban J connectivity index is 1.81. The molecule has 0 saturated heterocycles. The summed E-state index contributed by atoms with van der Waals surface area (Å²) in [4.78, 5) is 15.4. The van der Waals surface area contributed by atoms with Crippen LogP contribution in [0.15, 0.2) is 29.4 Å². The lowest BCUT2D eigenvalue weighted by molar-refractivity contribution is 0.637. The zero-order valence-corrected chi connectivity index (χ0v) is 11.1. The number of nitrogen functional groups attached to an aromatic ring is 2. The monoisotopic (exact) mass is 290 g/mol. The van der Waals surface area contributed by atoms with Gasteiger partial charge in [-0.15, -0.1) is 0 Å². The number of H-pyrrole nitrogens is 1. The van der Waals surface area contributed by atoms with Crippen LogP contribution in [0.25, 0.3) is 11.0 Å². The molecule has 5 N–H and O–H groups in total. The average Bonchev–Trinajstić information content (AvgIpc) is 2.80. The first-order valence-corrected chi connectivity index (χ1v) is 6.76. The van der Waals surface area contributed by atoms with Crippen LogP contribution in [0.3, 0.4) is 0 Å². The number of para-hydroxylation sites is 1. The highest BCUT2D eigenvalue weighted by molar-refractivity contribution is 7.98. The smallest absolute Gasteiger partial charge is 0.191 e. The quantitative estimate of drug-likeness (QED) is 0.503. The van der Waals surface area contributed by atoms with Crippen LogP contribution < -0.4 is 11.5 Å². The van der Waals surface area contributed by atoms with Crippen LogP contribution >= 0.6 is 11.8 Å². The number of anilines is 2. The van der Waals surface area contributed by atoms with Gasteiger partial charge in [-0.25, -0.2) is 19.3 Å². The lowest BCUT2D eigenvalue weighted by Crippen LogP contribution is -1.99. The number of nitrogens with zero attached hydrogens (tertiary/aromatic N) is 3. The third-order valence-corrected chi connectivity index (χ3v) is 3.45. The van der Waals surface area contributed by atoms with Crippen molar-refractivity contribution >= 4 is 34.4 Å². The molecule has 6 nitrogen and oxygen atoms in total. The Morgan fingerprint density at radius 3 is 2.60 bits per heavy atom. The fourth-order valence-corrected chi connectivity index (χ4v) is 2.52. The van der Waals surface area contributed by atoms with Gasteiger partial charge in [-0.3, -0.25) is 0 Å². The summed E-state index contributed by atoms with van der Waals surface area (Å²) in [6.45, 7) is 0. The van der Waals surface area contributed by atoms with E-state index < -0.39 is 0 Å². The predicted octanol–water partition coefficient (Wildman–Crippen LogP) is 1.95. The Morgan fingerprint density at radius 1 is 1.15 bits per heavy atom. The van der Waals surface area contributed by atoms with Gasteiger partial charge in [-0.05, 0) is 12.1 Å². The molecule has 0 bridgehead atoms. The molecule has 0 radical (unpaired) electrons. The van der Waals surface area contributed by atoms with Crippen molar-refractivity contribution in [2.45, 2.75) is 10.9 Å². The van der Waals surface area contributed by atoms with Crippen LogP contribution in [0, 0.1) is 5.82 Å². The summed E-state index contributed by atoms with van der Waals surface area (Å²) in [5, 5.41) is 0.462. The Labute approximate surface area is 117 Å². The number of benzene rings is 1. The summed E-state index contributed by atoms with van der Waals surface area (Å²) in [5.74, 6) is 1.39. The lowest BCUT2D eigenvalue weighted by atomic mass is 10.3. The topological polar surface area (TPSA) is 107 Å². The van der Waals surface area contributed by atoms with Crippen molar-refractivity contribution in [3.8, 4) is 0 Å². The molecule has 2 aromatic heterocycles. The summed E-state index contributed by atoms with van der Waals surface area (Å²) in [7, 11) is 0. The number of nitrogens with two attached hydrogens (primary N) is 2. The van der Waals surface area contributed by atoms with Gasteiger partial charge in [0, 0.05) is 6.07 Å². The van der Waals surface area contributed by atoms with E-state index in [1.54, 1.807) is 12.1 Å². The van der Waals surface area contributed by atoms with Gasteiger partial charge < -0.3 is 16.5 Å². The fourth-order valence-electron chi connectivity index (χ4n) is 1.78. The summed E-state index contributed by atoms with van der Waals surface area (Å²) in [6, 6.07) is 6.27. The van der Waals surface area contributed by atoms with Crippen LogP contribution in [-0.4, -0.2) is 19.9 Å². The summed E-state index contributed by atoms with van der Waals surface area (Å²) < 4.78 is 13.5. The average molecular weight is 290 g/mol. The SMILES string of the molecule is Nc1cc(N)nc(SCc2nc3c(F)cccc3[nH]2)n1. The highest BCUT2D eigenvalue weighted by Gasteiger charge is 2.08. The molecule has 0 saturated carbocycles. The van der Waals surface area contributed by atoms with Crippen LogP contribution in [0.5, 0.6) is 0 Å². The van der Waals surface area contributed by atoms with Gasteiger partial charge in [-0.1, -0.05) is 17.8 Å². The van der Waals surface area contributed by atoms with Crippen molar-refractivity contribution in [1.29, 1.82) is 0 Å². The van der Waals surface area contributed by atoms with Crippen molar-refractivity contribution in [2.24, 2.45) is 0 Å². The summed E-state index contributed by atoms with van der Waals surface area (Å²) in [5.41, 5.74) is 12.2. The van der Waals surface area contributed by atoms with Crippen molar-refractivity contribution in [1.82, 2.24) is 19.9 Å². The fraction of sp³-hybridized carbons (Fsp3) is 0.0833. The maximum Gasteiger partial charge on any atom is 0.191 e. The van der Waals surface area contributed by atoms with Gasteiger partial charge in [0.15, 0.2) is 11.0 Å². The Bertz CT molecular complexity index is 751. The predicted molar refractivity (Wildman–Crippen MR) is 76.5 cm³/mol. The van der Waals surface area contributed by atoms with E-state index in [-0.39, 0.29) is 5.82 Å². The van der Waals surface area contributed by atoms with Crippen molar-refractivity contribution < 1.29 is 4.39 Å². The molecule has 0 unspecified atom stereocenters. The molecule has 20 heavy (non-hydrogen) atoms. The van der Waals surface area contributed by atoms with Gasteiger partial charge in [0.1, 0.15) is 23.0 Å². The molecule has 0 fully saturated rings. The molecule has 0 amide bonds. The molecule has 0 aliphatic carbocycles. The second-order valence-electron chi connectivity index (χ2n) is 4.11. The maximum absolute atomic E-state index is 13.5. The van der Waals surface area contributed by atoms with Crippen molar-refractivity contribution in [2.75, 3.05) is 11.5 Å². The van der Waals surface area contributed by atoms with Gasteiger partial charge >= 0.3 is 0 Å². The van der Waals surface area contributed by atoms with E-state index in [1.165, 1.54) is 23.9 Å². The van der Waals surface area contributed by atoms with E-state index in [9.17, 15) is 4.39 Å². The van der Waals surface area contributed by atoms with Gasteiger partial charge in [0.05, 0.1) is 11.3 Å². The minimum Gasteiger partial charge on any atom is -0.383 e. The van der Waals surface area contributed by atoms with Crippen LogP contribution in [0.2, 0.25) is 0 Å². The molecule has 0 atom stereocenters. The number of hydrogen-bond acceptors (Lipinski definition) is 6. The first-order valence-electron chi connectivity index (χ1n) is 5.78. The standard InChI is InChI=1S/C12H11FN6S/c13-6-2-1-3-7-11(6)19-10(16-7)5-20-12-17-8(14)4-9(15)18-12/h1-4H,5H2,(H,16,19)(H4,14,15,17,18). The molecule has 0 aliphatic heterocycles. The highest BCUT2D eigenvalue weighted by Crippen LogP contribution is 2.22. The molecular formula is C12H11FN6S. The first-order chi connectivity index (χ1) is 9.61. The lowest BCUT2D eigenvalue weighted by Gasteiger charge is -2.00. The minimum atomic E-state index is -0.348. The number of hydrogen-bond donors (Lipinski definition) is 3. The zero-order valence-electron chi connectivity index (χ0n) is 10.3. The van der Waals surface area contributed by atoms with Gasteiger partial charge in [0.2, 0.25) is 0 Å². The third kappa shape index (κ3) is 2.50. The van der Waals surface area contributed by atoms with Crippen molar-refractivity contribution in [3.05, 3.63) is 35.9 Å². The van der Waals surface area contributed by atoms with E-state index in [0.717, 1.165) is 0 Å². The molecule has 3 rings (SSSR count). The number of imidazole rings is 1. The highest BCUT2D eigenvalue weighted by atomic mass is 32.2. The molecular weight excluding hydrogens is 279 g/mol. The number of halogens is 1. The normalized spacial score (nSPS) is 11.1. The van der Waals surface area contributed by atoms with E-state index in [1.807, 2.05) is 0 Å². The second kappa shape index (κ2) is 4.97. The van der Waals surface area contributed by atoms with Crippen molar-refractivity contribution in [3.63, 3.8) is 0 Å². The first kappa shape index (κ1) is 12.7. The second-order valence-corrected chi connectivity index (χ2v) is 5.05. The molecule has 3 aromatic rings. The van der Waals surface area contributed by atoms with Crippen LogP contribution in [0.4, 0.5) is 16.0 Å². The number of aromatic amines is 1. The Kier molecular flexibility index (Phi) is 3.15. The Morgan fingerprint density at radius 2 is 1.90 bits per heavy atom. The number of nitrogens with one attached hydrogen (secondary N) is 1. The van der Waals surface area contributed by atoms with Crippen LogP contribution in [0.1, 0.15) is 5.82 Å². The summed E-state index contributed by atoms with van der Waals surface area (Å²) in [6.07, 6.45) is 0. The molecule has 2 heterocycles. The summed E-state index contributed by atoms with van der Waals surface area (Å²) >= 11 is 1.32. The molecule has 8 heteroatoms. The van der Waals surface area contributed by atoms with Gasteiger partial charge in [0.25, 0.3) is 0 Å². The maximum atomic E-state index is 13.5. The molecule has 1 aromatic carbocycles. The number of fused-ring (bicyclic) bond motifs is 1. The van der Waals surface area contributed by atoms with E-state index >= 15 is 0 Å². The van der Waals surface area contributed by atoms with Crippen LogP contribution in [-0.2, 0) is 5.75 Å². The number of thioether (sulfide) groups is 1.